The van der Waals surface area contributed by atoms with Gasteiger partial charge in [-0.15, -0.1) is 0 Å². The number of carbonyl (C=O) groups is 1. The molecule has 5 atom stereocenters. The second-order valence-electron chi connectivity index (χ2n) is 8.97. The molecule has 0 spiro atoms. The van der Waals surface area contributed by atoms with Crippen molar-refractivity contribution in [2.24, 2.45) is 34.5 Å². The molecular formula is C20H31LiO2. The Kier molecular flexibility index (Phi) is 5.50. The molecule has 0 N–H and O–H groups in total. The summed E-state index contributed by atoms with van der Waals surface area (Å²) in [7, 11) is 0. The Hall–Kier alpha value is -0.193. The van der Waals surface area contributed by atoms with Crippen LogP contribution in [0.4, 0.5) is 0 Å². The molecule has 0 aromatic carbocycles. The number of carbonyl (C=O) groups excluding carboxylic acids is 1. The summed E-state index contributed by atoms with van der Waals surface area (Å²) in [6.07, 6.45) is 10.2. The van der Waals surface area contributed by atoms with Gasteiger partial charge in [0, 0.05) is 11.4 Å². The fourth-order valence-corrected chi connectivity index (χ4v) is 6.03. The molecule has 3 aliphatic rings. The summed E-state index contributed by atoms with van der Waals surface area (Å²) in [6, 6.07) is 0. The van der Waals surface area contributed by atoms with E-state index in [4.69, 9.17) is 0 Å². The standard InChI is InChI=1S/C20H32O2.Li/c1-13(2)14-6-8-16-15(12-14)7-9-17-19(16,3)10-5-11-20(17,4)18(21)22;/h7,13-14,16-17H,5-6,8-12H2,1-4H3,(H,21,22);/q;+1/p-1/t14?,16-,17?,19+,20+;/m0./s1. The van der Waals surface area contributed by atoms with Crippen molar-refractivity contribution >= 4 is 5.97 Å². The van der Waals surface area contributed by atoms with Gasteiger partial charge in [0.15, 0.2) is 0 Å². The van der Waals surface area contributed by atoms with Crippen molar-refractivity contribution in [3.05, 3.63) is 11.6 Å². The third-order valence-corrected chi connectivity index (χ3v) is 7.57. The maximum Gasteiger partial charge on any atom is 1.00 e. The monoisotopic (exact) mass is 310 g/mol. The summed E-state index contributed by atoms with van der Waals surface area (Å²) in [4.78, 5) is 11.8. The normalized spacial score (nSPS) is 43.0. The molecule has 124 valence electrons. The van der Waals surface area contributed by atoms with Crippen molar-refractivity contribution in [2.75, 3.05) is 0 Å². The van der Waals surface area contributed by atoms with Gasteiger partial charge in [0.1, 0.15) is 0 Å². The maximum atomic E-state index is 11.8. The Balaban J connectivity index is 0.00000192. The summed E-state index contributed by atoms with van der Waals surface area (Å²) >= 11 is 0. The van der Waals surface area contributed by atoms with Crippen molar-refractivity contribution < 1.29 is 28.8 Å². The van der Waals surface area contributed by atoms with Gasteiger partial charge in [-0.1, -0.05) is 45.8 Å². The van der Waals surface area contributed by atoms with Gasteiger partial charge in [0.05, 0.1) is 0 Å². The van der Waals surface area contributed by atoms with Gasteiger partial charge < -0.3 is 9.90 Å². The van der Waals surface area contributed by atoms with Crippen LogP contribution in [0.25, 0.3) is 0 Å². The molecule has 0 radical (unpaired) electrons. The molecular weight excluding hydrogens is 279 g/mol. The van der Waals surface area contributed by atoms with Gasteiger partial charge in [-0.3, -0.25) is 0 Å². The number of hydrogen-bond donors (Lipinski definition) is 0. The van der Waals surface area contributed by atoms with E-state index < -0.39 is 11.4 Å². The predicted molar refractivity (Wildman–Crippen MR) is 86.9 cm³/mol. The molecule has 0 amide bonds. The van der Waals surface area contributed by atoms with Gasteiger partial charge in [-0.2, -0.15) is 0 Å². The number of rotatable bonds is 2. The first-order valence-corrected chi connectivity index (χ1v) is 9.19. The van der Waals surface area contributed by atoms with Crippen LogP contribution in [0.2, 0.25) is 0 Å². The summed E-state index contributed by atoms with van der Waals surface area (Å²) in [6.45, 7) is 9.01. The Morgan fingerprint density at radius 3 is 2.57 bits per heavy atom. The molecule has 0 aromatic rings. The van der Waals surface area contributed by atoms with Crippen molar-refractivity contribution in [3.8, 4) is 0 Å². The van der Waals surface area contributed by atoms with E-state index in [1.54, 1.807) is 5.57 Å². The molecule has 2 unspecified atom stereocenters. The van der Waals surface area contributed by atoms with E-state index >= 15 is 0 Å². The average Bonchev–Trinajstić information content (AvgIpc) is 2.46. The first-order chi connectivity index (χ1) is 10.3. The van der Waals surface area contributed by atoms with Crippen LogP contribution in [0.1, 0.15) is 72.6 Å². The molecule has 0 aliphatic heterocycles. The van der Waals surface area contributed by atoms with Crippen LogP contribution in [-0.2, 0) is 4.79 Å². The van der Waals surface area contributed by atoms with E-state index in [1.165, 1.54) is 25.7 Å². The molecule has 0 heterocycles. The average molecular weight is 310 g/mol. The number of hydrogen-bond acceptors (Lipinski definition) is 2. The Bertz CT molecular complexity index is 498. The fraction of sp³-hybridized carbons (Fsp3) is 0.850. The van der Waals surface area contributed by atoms with E-state index in [-0.39, 0.29) is 30.2 Å². The maximum absolute atomic E-state index is 11.8. The predicted octanol–water partition coefficient (Wildman–Crippen LogP) is 0.955. The van der Waals surface area contributed by atoms with E-state index in [1.807, 2.05) is 6.92 Å². The first kappa shape index (κ1) is 19.1. The van der Waals surface area contributed by atoms with Crippen LogP contribution in [0, 0.1) is 34.5 Å². The van der Waals surface area contributed by atoms with Crippen LogP contribution in [0.5, 0.6) is 0 Å². The van der Waals surface area contributed by atoms with Gasteiger partial charge in [0.2, 0.25) is 0 Å². The van der Waals surface area contributed by atoms with E-state index in [9.17, 15) is 9.90 Å². The van der Waals surface area contributed by atoms with E-state index in [0.29, 0.717) is 5.92 Å². The van der Waals surface area contributed by atoms with Gasteiger partial charge in [-0.25, -0.2) is 0 Å². The van der Waals surface area contributed by atoms with Gasteiger partial charge in [-0.05, 0) is 67.6 Å². The first-order valence-electron chi connectivity index (χ1n) is 9.19. The largest absolute Gasteiger partial charge is 1.00 e. The second kappa shape index (κ2) is 6.61. The minimum absolute atomic E-state index is 0. The minimum atomic E-state index is -0.823. The molecule has 0 aromatic heterocycles. The molecule has 0 saturated heterocycles. The smallest absolute Gasteiger partial charge is 0.550 e. The van der Waals surface area contributed by atoms with Crippen molar-refractivity contribution in [1.82, 2.24) is 0 Å². The summed E-state index contributed by atoms with van der Waals surface area (Å²) < 4.78 is 0. The van der Waals surface area contributed by atoms with Crippen LogP contribution >= 0.6 is 0 Å². The summed E-state index contributed by atoms with van der Waals surface area (Å²) in [5.41, 5.74) is 1.18. The van der Waals surface area contributed by atoms with Crippen molar-refractivity contribution in [1.29, 1.82) is 0 Å². The number of carboxylic acids is 1. The van der Waals surface area contributed by atoms with Gasteiger partial charge >= 0.3 is 18.9 Å². The topological polar surface area (TPSA) is 40.1 Å². The Morgan fingerprint density at radius 2 is 1.96 bits per heavy atom. The SMILES string of the molecule is CC(C)C1CC[C@H]2C(=CCC3[C@](C)(C(=O)[O-])CCC[C@@]32C)C1.[Li+]. The third-order valence-electron chi connectivity index (χ3n) is 7.57. The third kappa shape index (κ3) is 2.96. The molecule has 2 nitrogen and oxygen atoms in total. The van der Waals surface area contributed by atoms with Crippen molar-refractivity contribution in [2.45, 2.75) is 72.6 Å². The minimum Gasteiger partial charge on any atom is -0.550 e. The molecule has 3 aliphatic carbocycles. The second-order valence-corrected chi connectivity index (χ2v) is 8.97. The molecule has 23 heavy (non-hydrogen) atoms. The molecule has 2 fully saturated rings. The quantitative estimate of drug-likeness (QED) is 0.563. The molecule has 3 rings (SSSR count). The number of carboxylic acid groups (broad SMARTS) is 1. The number of allylic oxidation sites excluding steroid dienone is 2. The van der Waals surface area contributed by atoms with Crippen LogP contribution in [-0.4, -0.2) is 5.97 Å². The van der Waals surface area contributed by atoms with Gasteiger partial charge in [0.25, 0.3) is 0 Å². The fourth-order valence-electron chi connectivity index (χ4n) is 6.03. The Morgan fingerprint density at radius 1 is 1.26 bits per heavy atom. The zero-order valence-corrected chi connectivity index (χ0v) is 15.7. The number of aliphatic carboxylic acids is 1. The molecule has 2 saturated carbocycles. The number of fused-ring (bicyclic) bond motifs is 3. The zero-order valence-electron chi connectivity index (χ0n) is 15.7. The summed E-state index contributed by atoms with van der Waals surface area (Å²) in [5.74, 6) is 1.62. The van der Waals surface area contributed by atoms with Crippen LogP contribution < -0.4 is 24.0 Å². The van der Waals surface area contributed by atoms with Crippen LogP contribution in [0.3, 0.4) is 0 Å². The van der Waals surface area contributed by atoms with E-state index in [0.717, 1.165) is 31.1 Å². The van der Waals surface area contributed by atoms with Crippen molar-refractivity contribution in [3.63, 3.8) is 0 Å². The molecule has 3 heteroatoms. The van der Waals surface area contributed by atoms with Crippen LogP contribution in [0.15, 0.2) is 11.6 Å². The molecule has 0 bridgehead atoms. The summed E-state index contributed by atoms with van der Waals surface area (Å²) in [5, 5.41) is 11.8. The Labute approximate surface area is 153 Å². The zero-order chi connectivity index (χ0) is 16.1. The van der Waals surface area contributed by atoms with E-state index in [2.05, 4.69) is 26.8 Å².